The highest BCUT2D eigenvalue weighted by Gasteiger charge is 2.22. The Morgan fingerprint density at radius 2 is 2.14 bits per heavy atom. The molecule has 2 aromatic heterocycles. The summed E-state index contributed by atoms with van der Waals surface area (Å²) in [5.74, 6) is 0.984. The van der Waals surface area contributed by atoms with Crippen molar-refractivity contribution in [3.63, 3.8) is 0 Å². The highest BCUT2D eigenvalue weighted by molar-refractivity contribution is 8.00. The lowest BCUT2D eigenvalue weighted by Crippen LogP contribution is -2.23. The van der Waals surface area contributed by atoms with E-state index in [1.54, 1.807) is 30.9 Å². The molecule has 1 N–H and O–H groups in total. The summed E-state index contributed by atoms with van der Waals surface area (Å²) in [4.78, 5) is 22.9. The maximum Gasteiger partial charge on any atom is 0.271 e. The smallest absolute Gasteiger partial charge is 0.271 e. The van der Waals surface area contributed by atoms with Crippen molar-refractivity contribution in [2.45, 2.75) is 24.3 Å². The third kappa shape index (κ3) is 4.02. The lowest BCUT2D eigenvalue weighted by Gasteiger charge is -2.12. The van der Waals surface area contributed by atoms with Gasteiger partial charge in [0.1, 0.15) is 5.76 Å². The number of nitro groups is 1. The van der Waals surface area contributed by atoms with E-state index >= 15 is 0 Å². The van der Waals surface area contributed by atoms with Crippen molar-refractivity contribution in [3.05, 3.63) is 51.4 Å². The largest absolute Gasteiger partial charge is 0.469 e. The molecule has 146 valence electrons. The van der Waals surface area contributed by atoms with Crippen molar-refractivity contribution in [3.8, 4) is 11.4 Å². The van der Waals surface area contributed by atoms with Crippen LogP contribution in [0, 0.1) is 17.0 Å². The summed E-state index contributed by atoms with van der Waals surface area (Å²) >= 11 is 7.24. The summed E-state index contributed by atoms with van der Waals surface area (Å²) in [5, 5.41) is 22.0. The van der Waals surface area contributed by atoms with Gasteiger partial charge in [0.15, 0.2) is 11.0 Å². The van der Waals surface area contributed by atoms with Gasteiger partial charge in [0.2, 0.25) is 5.91 Å². The zero-order valence-electron chi connectivity index (χ0n) is 15.2. The molecule has 11 heteroatoms. The van der Waals surface area contributed by atoms with Gasteiger partial charge in [0, 0.05) is 19.2 Å². The third-order valence-corrected chi connectivity index (χ3v) is 5.47. The number of hydrogen-bond donors (Lipinski definition) is 1. The minimum Gasteiger partial charge on any atom is -0.469 e. The second-order valence-corrected chi connectivity index (χ2v) is 7.64. The number of carbonyl (C=O) groups excluding carboxylic acids is 1. The topological polar surface area (TPSA) is 116 Å². The first-order valence-electron chi connectivity index (χ1n) is 8.13. The molecule has 0 aliphatic heterocycles. The molecule has 0 spiro atoms. The Morgan fingerprint density at radius 3 is 2.79 bits per heavy atom. The van der Waals surface area contributed by atoms with Crippen LogP contribution in [0.25, 0.3) is 11.4 Å². The lowest BCUT2D eigenvalue weighted by molar-refractivity contribution is -0.384. The molecule has 0 bridgehead atoms. The van der Waals surface area contributed by atoms with Crippen molar-refractivity contribution in [2.75, 3.05) is 5.32 Å². The normalized spacial score (nSPS) is 12.0. The van der Waals surface area contributed by atoms with E-state index in [9.17, 15) is 14.9 Å². The number of nitrogens with one attached hydrogen (secondary N) is 1. The Bertz CT molecular complexity index is 1050. The van der Waals surface area contributed by atoms with Crippen LogP contribution in [0.15, 0.2) is 40.1 Å². The van der Waals surface area contributed by atoms with Crippen molar-refractivity contribution in [1.29, 1.82) is 0 Å². The number of amides is 1. The number of carbonyl (C=O) groups is 1. The maximum absolute atomic E-state index is 12.5. The van der Waals surface area contributed by atoms with Gasteiger partial charge in [-0.25, -0.2) is 0 Å². The van der Waals surface area contributed by atoms with Crippen molar-refractivity contribution in [2.24, 2.45) is 7.05 Å². The van der Waals surface area contributed by atoms with E-state index in [4.69, 9.17) is 16.0 Å². The van der Waals surface area contributed by atoms with Crippen molar-refractivity contribution < 1.29 is 14.1 Å². The van der Waals surface area contributed by atoms with Crippen LogP contribution in [0.5, 0.6) is 0 Å². The Labute approximate surface area is 169 Å². The number of halogens is 1. The second-order valence-electron chi connectivity index (χ2n) is 5.93. The zero-order valence-corrected chi connectivity index (χ0v) is 16.7. The second kappa shape index (κ2) is 8.03. The zero-order chi connectivity index (χ0) is 20.4. The molecule has 0 saturated carbocycles. The van der Waals surface area contributed by atoms with Gasteiger partial charge in [-0.15, -0.1) is 10.2 Å². The number of nitrogens with zero attached hydrogens (tertiary/aromatic N) is 4. The number of nitro benzene ring substituents is 1. The number of hydrogen-bond acceptors (Lipinski definition) is 7. The first-order valence-corrected chi connectivity index (χ1v) is 9.39. The quantitative estimate of drug-likeness (QED) is 0.362. The van der Waals surface area contributed by atoms with Crippen LogP contribution in [-0.2, 0) is 11.8 Å². The molecule has 0 aliphatic rings. The molecular weight excluding hydrogens is 406 g/mol. The number of non-ortho nitro benzene ring substituents is 1. The standard InChI is InChI=1S/C17H16ClN5O4S/c1-9-12(6-7-27-9)15-20-21-17(22(15)3)28-10(2)16(24)19-14-8-11(23(25)26)4-5-13(14)18/h4-8,10H,1-3H3,(H,19,24). The van der Waals surface area contributed by atoms with Crippen LogP contribution in [-0.4, -0.2) is 30.8 Å². The number of thioether (sulfide) groups is 1. The lowest BCUT2D eigenvalue weighted by atomic mass is 10.2. The predicted octanol–water partition coefficient (Wildman–Crippen LogP) is 4.06. The van der Waals surface area contributed by atoms with Crippen LogP contribution >= 0.6 is 23.4 Å². The Kier molecular flexibility index (Phi) is 5.71. The fourth-order valence-corrected chi connectivity index (χ4v) is 3.42. The average Bonchev–Trinajstić information content (AvgIpc) is 3.22. The highest BCUT2D eigenvalue weighted by Crippen LogP contribution is 2.30. The van der Waals surface area contributed by atoms with Gasteiger partial charge in [-0.05, 0) is 26.0 Å². The monoisotopic (exact) mass is 421 g/mol. The Balaban J connectivity index is 1.74. The summed E-state index contributed by atoms with van der Waals surface area (Å²) in [6.45, 7) is 3.53. The van der Waals surface area contributed by atoms with E-state index in [-0.39, 0.29) is 22.3 Å². The molecule has 0 aliphatic carbocycles. The van der Waals surface area contributed by atoms with Crippen molar-refractivity contribution >= 4 is 40.6 Å². The van der Waals surface area contributed by atoms with Gasteiger partial charge in [-0.2, -0.15) is 0 Å². The first kappa shape index (κ1) is 19.9. The number of aryl methyl sites for hydroxylation is 1. The van der Waals surface area contributed by atoms with Crippen molar-refractivity contribution in [1.82, 2.24) is 14.8 Å². The number of furan rings is 1. The average molecular weight is 422 g/mol. The van der Waals surface area contributed by atoms with Gasteiger partial charge >= 0.3 is 0 Å². The molecular formula is C17H16ClN5O4S. The van der Waals surface area contributed by atoms with Gasteiger partial charge in [0.25, 0.3) is 5.69 Å². The molecule has 3 rings (SSSR count). The molecule has 0 saturated heterocycles. The molecule has 0 fully saturated rings. The maximum atomic E-state index is 12.5. The summed E-state index contributed by atoms with van der Waals surface area (Å²) in [5.41, 5.74) is 0.844. The van der Waals surface area contributed by atoms with Crippen LogP contribution < -0.4 is 5.32 Å². The molecule has 0 radical (unpaired) electrons. The number of aromatic nitrogens is 3. The summed E-state index contributed by atoms with van der Waals surface area (Å²) < 4.78 is 7.06. The Morgan fingerprint density at radius 1 is 1.39 bits per heavy atom. The van der Waals surface area contributed by atoms with E-state index in [2.05, 4.69) is 15.5 Å². The van der Waals surface area contributed by atoms with E-state index in [0.717, 1.165) is 11.3 Å². The first-order chi connectivity index (χ1) is 13.3. The molecule has 2 heterocycles. The van der Waals surface area contributed by atoms with E-state index < -0.39 is 10.2 Å². The predicted molar refractivity (Wildman–Crippen MR) is 105 cm³/mol. The molecule has 1 unspecified atom stereocenters. The molecule has 9 nitrogen and oxygen atoms in total. The molecule has 3 aromatic rings. The van der Waals surface area contributed by atoms with E-state index in [0.29, 0.717) is 11.0 Å². The van der Waals surface area contributed by atoms with Gasteiger partial charge in [0.05, 0.1) is 32.7 Å². The molecule has 1 atom stereocenters. The molecule has 1 amide bonds. The highest BCUT2D eigenvalue weighted by atomic mass is 35.5. The van der Waals surface area contributed by atoms with Gasteiger partial charge in [-0.3, -0.25) is 14.9 Å². The van der Waals surface area contributed by atoms with Crippen LogP contribution in [0.3, 0.4) is 0 Å². The minimum absolute atomic E-state index is 0.159. The SMILES string of the molecule is Cc1occc1-c1nnc(SC(C)C(=O)Nc2cc([N+](=O)[O-])ccc2Cl)n1C. The molecule has 28 heavy (non-hydrogen) atoms. The minimum atomic E-state index is -0.552. The van der Waals surface area contributed by atoms with Gasteiger partial charge < -0.3 is 14.3 Å². The number of rotatable bonds is 6. The van der Waals surface area contributed by atoms with E-state index in [1.807, 2.05) is 6.92 Å². The van der Waals surface area contributed by atoms with Gasteiger partial charge in [-0.1, -0.05) is 23.4 Å². The van der Waals surface area contributed by atoms with E-state index in [1.165, 1.54) is 30.0 Å². The summed E-state index contributed by atoms with van der Waals surface area (Å²) in [7, 11) is 1.80. The fourth-order valence-electron chi connectivity index (χ4n) is 2.44. The Hall–Kier alpha value is -2.85. The van der Waals surface area contributed by atoms with Crippen LogP contribution in [0.1, 0.15) is 12.7 Å². The summed E-state index contributed by atoms with van der Waals surface area (Å²) in [6.07, 6.45) is 1.57. The number of benzene rings is 1. The van der Waals surface area contributed by atoms with Crippen LogP contribution in [0.4, 0.5) is 11.4 Å². The number of anilines is 1. The third-order valence-electron chi connectivity index (χ3n) is 4.00. The summed E-state index contributed by atoms with van der Waals surface area (Å²) in [6, 6.07) is 5.67. The fraction of sp³-hybridized carbons (Fsp3) is 0.235. The van der Waals surface area contributed by atoms with Crippen LogP contribution in [0.2, 0.25) is 5.02 Å². The molecule has 1 aromatic carbocycles.